The lowest BCUT2D eigenvalue weighted by atomic mass is 9.92. The highest BCUT2D eigenvalue weighted by molar-refractivity contribution is 5.85. The molecule has 1 saturated heterocycles. The van der Waals surface area contributed by atoms with E-state index in [2.05, 4.69) is 17.6 Å². The lowest BCUT2D eigenvalue weighted by molar-refractivity contribution is -0.126. The second kappa shape index (κ2) is 7.60. The lowest BCUT2D eigenvalue weighted by Crippen LogP contribution is -2.42. The number of carbonyl (C=O) groups is 1. The molecular formula is C15H22ClFN2O. The van der Waals surface area contributed by atoms with Crippen LogP contribution in [0.3, 0.4) is 0 Å². The van der Waals surface area contributed by atoms with Crippen LogP contribution in [0, 0.1) is 18.7 Å². The van der Waals surface area contributed by atoms with Crippen LogP contribution in [0.4, 0.5) is 4.39 Å². The zero-order valence-electron chi connectivity index (χ0n) is 11.9. The average Bonchev–Trinajstić information content (AvgIpc) is 2.40. The van der Waals surface area contributed by atoms with Gasteiger partial charge in [0.1, 0.15) is 5.82 Å². The third-order valence-corrected chi connectivity index (χ3v) is 3.68. The maximum Gasteiger partial charge on any atom is 0.223 e. The van der Waals surface area contributed by atoms with Gasteiger partial charge >= 0.3 is 0 Å². The third kappa shape index (κ3) is 4.46. The number of benzene rings is 1. The van der Waals surface area contributed by atoms with Crippen molar-refractivity contribution in [3.05, 3.63) is 35.1 Å². The second-order valence-corrected chi connectivity index (χ2v) is 5.38. The van der Waals surface area contributed by atoms with E-state index in [4.69, 9.17) is 0 Å². The molecule has 1 aliphatic heterocycles. The Morgan fingerprint density at radius 3 is 2.90 bits per heavy atom. The quantitative estimate of drug-likeness (QED) is 0.901. The Balaban J connectivity index is 0.00000200. The van der Waals surface area contributed by atoms with Gasteiger partial charge in [0.15, 0.2) is 0 Å². The molecule has 0 aliphatic carbocycles. The van der Waals surface area contributed by atoms with Gasteiger partial charge in [-0.25, -0.2) is 4.39 Å². The molecule has 2 rings (SSSR count). The second-order valence-electron chi connectivity index (χ2n) is 5.38. The Kier molecular flexibility index (Phi) is 6.43. The van der Waals surface area contributed by atoms with Crippen molar-refractivity contribution in [1.82, 2.24) is 10.6 Å². The lowest BCUT2D eigenvalue weighted by Gasteiger charge is -2.27. The highest BCUT2D eigenvalue weighted by Gasteiger charge is 2.24. The predicted octanol–water partition coefficient (Wildman–Crippen LogP) is 2.56. The van der Waals surface area contributed by atoms with E-state index in [0.717, 1.165) is 24.9 Å². The number of hydrogen-bond donors (Lipinski definition) is 2. The highest BCUT2D eigenvalue weighted by atomic mass is 35.5. The molecule has 1 aliphatic rings. The molecule has 2 N–H and O–H groups in total. The van der Waals surface area contributed by atoms with E-state index >= 15 is 0 Å². The molecule has 0 bridgehead atoms. The Labute approximate surface area is 125 Å². The molecule has 5 heteroatoms. The number of aryl methyl sites for hydroxylation is 1. The van der Waals surface area contributed by atoms with E-state index in [9.17, 15) is 9.18 Å². The first-order valence-electron chi connectivity index (χ1n) is 6.82. The van der Waals surface area contributed by atoms with Gasteiger partial charge in [-0.1, -0.05) is 12.1 Å². The van der Waals surface area contributed by atoms with Crippen LogP contribution in [0.15, 0.2) is 18.2 Å². The summed E-state index contributed by atoms with van der Waals surface area (Å²) in [6.45, 7) is 5.20. The monoisotopic (exact) mass is 300 g/mol. The Bertz CT molecular complexity index is 467. The van der Waals surface area contributed by atoms with Crippen molar-refractivity contribution < 1.29 is 9.18 Å². The number of rotatable bonds is 3. The van der Waals surface area contributed by atoms with Crippen molar-refractivity contribution in [3.63, 3.8) is 0 Å². The first-order chi connectivity index (χ1) is 9.06. The SMILES string of the molecule is Cc1cc(CNC(=O)[C@H]2CCN[C@@H](C)C2)ccc1F.Cl. The molecule has 3 nitrogen and oxygen atoms in total. The molecule has 1 aromatic rings. The number of piperidine rings is 1. The van der Waals surface area contributed by atoms with Gasteiger partial charge in [0, 0.05) is 18.5 Å². The zero-order valence-corrected chi connectivity index (χ0v) is 12.7. The molecule has 2 atom stereocenters. The fourth-order valence-electron chi connectivity index (χ4n) is 2.52. The summed E-state index contributed by atoms with van der Waals surface area (Å²) >= 11 is 0. The van der Waals surface area contributed by atoms with Crippen molar-refractivity contribution in [3.8, 4) is 0 Å². The summed E-state index contributed by atoms with van der Waals surface area (Å²) in [7, 11) is 0. The van der Waals surface area contributed by atoms with Gasteiger partial charge in [0.25, 0.3) is 0 Å². The summed E-state index contributed by atoms with van der Waals surface area (Å²) in [4.78, 5) is 12.1. The largest absolute Gasteiger partial charge is 0.352 e. The summed E-state index contributed by atoms with van der Waals surface area (Å²) in [5.74, 6) is -0.00428. The van der Waals surface area contributed by atoms with Crippen LogP contribution in [0.2, 0.25) is 0 Å². The van der Waals surface area contributed by atoms with Crippen LogP contribution in [-0.2, 0) is 11.3 Å². The van der Waals surface area contributed by atoms with Crippen LogP contribution < -0.4 is 10.6 Å². The van der Waals surface area contributed by atoms with Crippen molar-refractivity contribution in [2.24, 2.45) is 5.92 Å². The van der Waals surface area contributed by atoms with E-state index in [1.165, 1.54) is 6.07 Å². The maximum atomic E-state index is 13.1. The molecule has 112 valence electrons. The predicted molar refractivity (Wildman–Crippen MR) is 80.4 cm³/mol. The van der Waals surface area contributed by atoms with Gasteiger partial charge in [-0.05, 0) is 50.4 Å². The molecule has 1 aromatic carbocycles. The average molecular weight is 301 g/mol. The van der Waals surface area contributed by atoms with E-state index in [-0.39, 0.29) is 30.0 Å². The van der Waals surface area contributed by atoms with Crippen molar-refractivity contribution >= 4 is 18.3 Å². The van der Waals surface area contributed by atoms with Crippen LogP contribution >= 0.6 is 12.4 Å². The number of nitrogens with one attached hydrogen (secondary N) is 2. The van der Waals surface area contributed by atoms with Crippen LogP contribution in [-0.4, -0.2) is 18.5 Å². The van der Waals surface area contributed by atoms with Crippen LogP contribution in [0.1, 0.15) is 30.9 Å². The molecule has 1 heterocycles. The van der Waals surface area contributed by atoms with Crippen molar-refractivity contribution in [2.75, 3.05) is 6.54 Å². The van der Waals surface area contributed by atoms with Gasteiger partial charge in [0.05, 0.1) is 0 Å². The molecule has 0 spiro atoms. The first kappa shape index (κ1) is 16.9. The molecule has 0 unspecified atom stereocenters. The summed E-state index contributed by atoms with van der Waals surface area (Å²) in [6, 6.07) is 5.34. The number of carbonyl (C=O) groups excluding carboxylic acids is 1. The van der Waals surface area contributed by atoms with Crippen LogP contribution in [0.25, 0.3) is 0 Å². The number of amides is 1. The number of hydrogen-bond acceptors (Lipinski definition) is 2. The van der Waals surface area contributed by atoms with Crippen molar-refractivity contribution in [1.29, 1.82) is 0 Å². The van der Waals surface area contributed by atoms with E-state index in [0.29, 0.717) is 18.2 Å². The summed E-state index contributed by atoms with van der Waals surface area (Å²) in [6.07, 6.45) is 1.77. The molecule has 0 aromatic heterocycles. The Morgan fingerprint density at radius 1 is 1.50 bits per heavy atom. The van der Waals surface area contributed by atoms with Gasteiger partial charge < -0.3 is 10.6 Å². The Morgan fingerprint density at radius 2 is 2.25 bits per heavy atom. The minimum absolute atomic E-state index is 0. The minimum atomic E-state index is -0.206. The van der Waals surface area contributed by atoms with Crippen LogP contribution in [0.5, 0.6) is 0 Å². The van der Waals surface area contributed by atoms with Gasteiger partial charge in [-0.2, -0.15) is 0 Å². The summed E-state index contributed by atoms with van der Waals surface area (Å²) in [5, 5.41) is 6.28. The fourth-order valence-corrected chi connectivity index (χ4v) is 2.52. The molecule has 20 heavy (non-hydrogen) atoms. The standard InChI is InChI=1S/C15H21FN2O.ClH/c1-10-7-12(3-4-14(10)16)9-18-15(19)13-5-6-17-11(2)8-13;/h3-4,7,11,13,17H,5-6,8-9H2,1-2H3,(H,18,19);1H/t11-,13-;/m0./s1. The number of halogens is 2. The highest BCUT2D eigenvalue weighted by Crippen LogP contribution is 2.16. The summed E-state index contributed by atoms with van der Waals surface area (Å²) < 4.78 is 13.1. The molecule has 1 amide bonds. The Hall–Kier alpha value is -1.13. The molecule has 1 fully saturated rings. The fraction of sp³-hybridized carbons (Fsp3) is 0.533. The van der Waals surface area contributed by atoms with E-state index in [1.807, 2.05) is 0 Å². The zero-order chi connectivity index (χ0) is 13.8. The third-order valence-electron chi connectivity index (χ3n) is 3.68. The smallest absolute Gasteiger partial charge is 0.223 e. The molecule has 0 radical (unpaired) electrons. The normalized spacial score (nSPS) is 21.9. The van der Waals surface area contributed by atoms with E-state index in [1.54, 1.807) is 19.1 Å². The van der Waals surface area contributed by atoms with Gasteiger partial charge in [0.2, 0.25) is 5.91 Å². The van der Waals surface area contributed by atoms with E-state index < -0.39 is 0 Å². The topological polar surface area (TPSA) is 41.1 Å². The summed E-state index contributed by atoms with van der Waals surface area (Å²) in [5.41, 5.74) is 1.55. The van der Waals surface area contributed by atoms with Crippen molar-refractivity contribution in [2.45, 2.75) is 39.3 Å². The van der Waals surface area contributed by atoms with Gasteiger partial charge in [-0.15, -0.1) is 12.4 Å². The minimum Gasteiger partial charge on any atom is -0.352 e. The first-order valence-corrected chi connectivity index (χ1v) is 6.82. The maximum absolute atomic E-state index is 13.1. The van der Waals surface area contributed by atoms with Gasteiger partial charge in [-0.3, -0.25) is 4.79 Å². The molecule has 0 saturated carbocycles. The molecular weight excluding hydrogens is 279 g/mol.